The molecule has 2 aromatic rings. The summed E-state index contributed by atoms with van der Waals surface area (Å²) in [5.41, 5.74) is 13.4. The normalized spacial score (nSPS) is 12.7. The van der Waals surface area contributed by atoms with Gasteiger partial charge in [0, 0.05) is 22.6 Å². The number of nitrogens with two attached hydrogens (primary N) is 1. The lowest BCUT2D eigenvalue weighted by molar-refractivity contribution is -0.124. The predicted octanol–water partition coefficient (Wildman–Crippen LogP) is 1.94. The van der Waals surface area contributed by atoms with Crippen molar-refractivity contribution >= 4 is 17.8 Å². The summed E-state index contributed by atoms with van der Waals surface area (Å²) in [6, 6.07) is 9.48. The highest BCUT2D eigenvalue weighted by Gasteiger charge is 2.25. The van der Waals surface area contributed by atoms with Crippen LogP contribution >= 0.6 is 0 Å². The van der Waals surface area contributed by atoms with E-state index in [1.807, 2.05) is 52.0 Å². The number of carbonyl (C=O) groups is 3. The van der Waals surface area contributed by atoms with E-state index in [2.05, 4.69) is 20.7 Å². The van der Waals surface area contributed by atoms with Crippen molar-refractivity contribution in [1.82, 2.24) is 20.7 Å². The van der Waals surface area contributed by atoms with Crippen molar-refractivity contribution in [3.8, 4) is 5.69 Å². The molecule has 0 fully saturated rings. The molecule has 0 aliphatic carbocycles. The summed E-state index contributed by atoms with van der Waals surface area (Å²) >= 11 is 0. The molecule has 0 spiro atoms. The number of primary amides is 1. The highest BCUT2D eigenvalue weighted by molar-refractivity contribution is 5.96. The summed E-state index contributed by atoms with van der Waals surface area (Å²) < 4.78 is 2.08. The molecule has 0 aliphatic heterocycles. The fourth-order valence-electron chi connectivity index (χ4n) is 2.96. The lowest BCUT2D eigenvalue weighted by Gasteiger charge is -2.22. The Morgan fingerprint density at radius 2 is 1.57 bits per heavy atom. The van der Waals surface area contributed by atoms with E-state index in [1.165, 1.54) is 0 Å². The molecule has 0 radical (unpaired) electrons. The van der Waals surface area contributed by atoms with Crippen LogP contribution in [0.1, 0.15) is 42.0 Å². The van der Waals surface area contributed by atoms with Crippen molar-refractivity contribution in [3.05, 3.63) is 53.3 Å². The van der Waals surface area contributed by atoms with Crippen LogP contribution in [0.3, 0.4) is 0 Å². The molecule has 2 atom stereocenters. The first-order valence-corrected chi connectivity index (χ1v) is 9.16. The van der Waals surface area contributed by atoms with E-state index < -0.39 is 23.9 Å². The minimum Gasteiger partial charge on any atom is -0.352 e. The van der Waals surface area contributed by atoms with Gasteiger partial charge in [0.2, 0.25) is 0 Å². The van der Waals surface area contributed by atoms with Crippen molar-refractivity contribution in [2.45, 2.75) is 40.2 Å². The number of hydrogen-bond donors (Lipinski definition) is 4. The summed E-state index contributed by atoms with van der Waals surface area (Å²) in [7, 11) is 0. The number of carbonyl (C=O) groups excluding carboxylic acids is 3. The van der Waals surface area contributed by atoms with Gasteiger partial charge in [-0.3, -0.25) is 20.4 Å². The molecule has 2 rings (SSSR count). The molecule has 1 heterocycles. The minimum absolute atomic E-state index is 0.142. The van der Waals surface area contributed by atoms with Crippen molar-refractivity contribution in [3.63, 3.8) is 0 Å². The lowest BCUT2D eigenvalue weighted by Crippen LogP contribution is -2.55. The summed E-state index contributed by atoms with van der Waals surface area (Å²) in [5, 5.41) is 2.40. The van der Waals surface area contributed by atoms with E-state index >= 15 is 0 Å². The molecule has 8 nitrogen and oxygen atoms in total. The number of aryl methyl sites for hydroxylation is 2. The van der Waals surface area contributed by atoms with Crippen LogP contribution in [-0.4, -0.2) is 28.5 Å². The van der Waals surface area contributed by atoms with Crippen LogP contribution in [0.25, 0.3) is 5.69 Å². The number of hydrazine groups is 1. The lowest BCUT2D eigenvalue weighted by atomic mass is 9.99. The molecule has 0 saturated carbocycles. The van der Waals surface area contributed by atoms with Crippen molar-refractivity contribution in [1.29, 1.82) is 0 Å². The fourth-order valence-corrected chi connectivity index (χ4v) is 2.96. The monoisotopic (exact) mass is 385 g/mol. The number of aromatic nitrogens is 1. The van der Waals surface area contributed by atoms with Crippen LogP contribution in [0.5, 0.6) is 0 Å². The highest BCUT2D eigenvalue weighted by atomic mass is 16.2. The second kappa shape index (κ2) is 9.07. The van der Waals surface area contributed by atoms with Gasteiger partial charge < -0.3 is 15.6 Å². The van der Waals surface area contributed by atoms with Gasteiger partial charge in [-0.1, -0.05) is 20.3 Å². The molecular formula is C20H27N5O3. The van der Waals surface area contributed by atoms with Gasteiger partial charge in [-0.2, -0.15) is 0 Å². The molecule has 28 heavy (non-hydrogen) atoms. The van der Waals surface area contributed by atoms with Crippen LogP contribution in [-0.2, 0) is 4.79 Å². The average molecular weight is 385 g/mol. The largest absolute Gasteiger partial charge is 0.352 e. The molecule has 1 aromatic carbocycles. The number of urea groups is 1. The molecule has 0 bridgehead atoms. The van der Waals surface area contributed by atoms with Crippen molar-refractivity contribution in [2.24, 2.45) is 11.7 Å². The zero-order valence-corrected chi connectivity index (χ0v) is 16.6. The van der Waals surface area contributed by atoms with Gasteiger partial charge in [-0.25, -0.2) is 4.79 Å². The van der Waals surface area contributed by atoms with E-state index in [9.17, 15) is 14.4 Å². The van der Waals surface area contributed by atoms with Crippen LogP contribution in [0, 0.1) is 19.8 Å². The third-order valence-corrected chi connectivity index (χ3v) is 4.75. The molecule has 150 valence electrons. The maximum atomic E-state index is 12.3. The van der Waals surface area contributed by atoms with Gasteiger partial charge in [0.1, 0.15) is 6.04 Å². The number of hydrogen-bond acceptors (Lipinski definition) is 3. The Morgan fingerprint density at radius 1 is 1.00 bits per heavy atom. The Morgan fingerprint density at radius 3 is 2.07 bits per heavy atom. The summed E-state index contributed by atoms with van der Waals surface area (Å²) in [4.78, 5) is 35.7. The number of nitrogens with zero attached hydrogens (tertiary/aromatic N) is 1. The van der Waals surface area contributed by atoms with Gasteiger partial charge in [-0.05, 0) is 56.2 Å². The Balaban J connectivity index is 2.02. The third-order valence-electron chi connectivity index (χ3n) is 4.75. The first kappa shape index (κ1) is 21.0. The van der Waals surface area contributed by atoms with Gasteiger partial charge in [0.05, 0.1) is 0 Å². The van der Waals surface area contributed by atoms with E-state index in [-0.39, 0.29) is 5.92 Å². The Hall–Kier alpha value is -3.29. The number of rotatable bonds is 6. The number of amides is 4. The molecule has 5 N–H and O–H groups in total. The molecule has 4 amide bonds. The van der Waals surface area contributed by atoms with E-state index in [0.717, 1.165) is 17.1 Å². The van der Waals surface area contributed by atoms with Crippen LogP contribution in [0.4, 0.5) is 4.79 Å². The maximum Gasteiger partial charge on any atom is 0.312 e. The highest BCUT2D eigenvalue weighted by Crippen LogP contribution is 2.16. The van der Waals surface area contributed by atoms with Crippen molar-refractivity contribution < 1.29 is 14.4 Å². The third kappa shape index (κ3) is 4.91. The van der Waals surface area contributed by atoms with Crippen molar-refractivity contribution in [2.75, 3.05) is 0 Å². The van der Waals surface area contributed by atoms with E-state index in [1.54, 1.807) is 12.1 Å². The molecule has 0 aliphatic rings. The zero-order valence-electron chi connectivity index (χ0n) is 16.6. The maximum absolute atomic E-state index is 12.3. The first-order valence-electron chi connectivity index (χ1n) is 9.16. The second-order valence-electron chi connectivity index (χ2n) is 6.81. The van der Waals surface area contributed by atoms with Crippen LogP contribution in [0.2, 0.25) is 0 Å². The van der Waals surface area contributed by atoms with Gasteiger partial charge >= 0.3 is 6.03 Å². The van der Waals surface area contributed by atoms with Gasteiger partial charge in [-0.15, -0.1) is 0 Å². The second-order valence-corrected chi connectivity index (χ2v) is 6.81. The smallest absolute Gasteiger partial charge is 0.312 e. The minimum atomic E-state index is -0.829. The standard InChI is InChI=1S/C20H27N5O3/c1-5-12(2)17(22-20(21)28)19(27)24-23-18(26)15-8-10-16(11-9-15)25-13(3)6-7-14(25)4/h6-12,17H,5H2,1-4H3,(H,23,26)(H,24,27)(H3,21,22,28)/t12-,17+/m0/s1. The Bertz CT molecular complexity index is 838. The number of nitrogens with one attached hydrogen (secondary N) is 3. The summed E-state index contributed by atoms with van der Waals surface area (Å²) in [5.74, 6) is -1.13. The Kier molecular flexibility index (Phi) is 6.81. The van der Waals surface area contributed by atoms with Crippen LogP contribution in [0.15, 0.2) is 36.4 Å². The molecule has 1 aromatic heterocycles. The van der Waals surface area contributed by atoms with Gasteiger partial charge in [0.25, 0.3) is 11.8 Å². The van der Waals surface area contributed by atoms with Crippen LogP contribution < -0.4 is 21.9 Å². The quantitative estimate of drug-likeness (QED) is 0.569. The molecule has 0 saturated heterocycles. The molecule has 0 unspecified atom stereocenters. The average Bonchev–Trinajstić information content (AvgIpc) is 3.01. The fraction of sp³-hybridized carbons (Fsp3) is 0.350. The summed E-state index contributed by atoms with van der Waals surface area (Å²) in [6.45, 7) is 7.72. The van der Waals surface area contributed by atoms with E-state index in [0.29, 0.717) is 12.0 Å². The van der Waals surface area contributed by atoms with Gasteiger partial charge in [0.15, 0.2) is 0 Å². The van der Waals surface area contributed by atoms with E-state index in [4.69, 9.17) is 5.73 Å². The number of benzene rings is 1. The predicted molar refractivity (Wildman–Crippen MR) is 107 cm³/mol. The molecule has 8 heteroatoms. The SMILES string of the molecule is CC[C@H](C)[C@@H](NC(N)=O)C(=O)NNC(=O)c1ccc(-n2c(C)ccc2C)cc1. The summed E-state index contributed by atoms with van der Waals surface area (Å²) in [6.07, 6.45) is 0.659. The first-order chi connectivity index (χ1) is 13.2. The topological polar surface area (TPSA) is 118 Å². The molecular weight excluding hydrogens is 358 g/mol. The Labute approximate surface area is 164 Å². The zero-order chi connectivity index (χ0) is 20.8.